The molecule has 0 aliphatic carbocycles. The summed E-state index contributed by atoms with van der Waals surface area (Å²) in [4.78, 5) is 17.2. The quantitative estimate of drug-likeness (QED) is 0.480. The van der Waals surface area contributed by atoms with Gasteiger partial charge in [0.15, 0.2) is 11.6 Å². The van der Waals surface area contributed by atoms with Gasteiger partial charge < -0.3 is 16.8 Å². The van der Waals surface area contributed by atoms with E-state index >= 15 is 0 Å². The van der Waals surface area contributed by atoms with E-state index in [1.807, 2.05) is 43.3 Å². The van der Waals surface area contributed by atoms with Gasteiger partial charge in [-0.15, -0.1) is 0 Å². The molecule has 0 amide bonds. The van der Waals surface area contributed by atoms with E-state index in [1.54, 1.807) is 12.4 Å². The zero-order valence-corrected chi connectivity index (χ0v) is 15.9. The summed E-state index contributed by atoms with van der Waals surface area (Å²) in [5.41, 5.74) is 15.6. The summed E-state index contributed by atoms with van der Waals surface area (Å²) < 4.78 is 0. The first-order valence-corrected chi connectivity index (χ1v) is 9.05. The second kappa shape index (κ2) is 7.28. The van der Waals surface area contributed by atoms with Crippen molar-refractivity contribution in [3.05, 3.63) is 65.7 Å². The monoisotopic (exact) mass is 391 g/mol. The fraction of sp³-hybridized carbons (Fsp3) is 0.100. The van der Waals surface area contributed by atoms with Gasteiger partial charge in [-0.2, -0.15) is 0 Å². The maximum atomic E-state index is 6.37. The average Bonchev–Trinajstić information content (AvgIpc) is 2.71. The van der Waals surface area contributed by atoms with Crippen LogP contribution in [0.15, 0.2) is 55.1 Å². The number of benzene rings is 1. The summed E-state index contributed by atoms with van der Waals surface area (Å²) >= 11 is 6.37. The Bertz CT molecular complexity index is 1150. The van der Waals surface area contributed by atoms with Crippen LogP contribution in [0.4, 0.5) is 17.3 Å². The van der Waals surface area contributed by atoms with Gasteiger partial charge >= 0.3 is 0 Å². The van der Waals surface area contributed by atoms with Crippen LogP contribution in [-0.4, -0.2) is 19.9 Å². The molecule has 0 aliphatic rings. The van der Waals surface area contributed by atoms with Crippen molar-refractivity contribution in [3.63, 3.8) is 0 Å². The van der Waals surface area contributed by atoms with Gasteiger partial charge in [0.05, 0.1) is 22.3 Å². The van der Waals surface area contributed by atoms with Crippen LogP contribution < -0.4 is 16.8 Å². The molecule has 0 fully saturated rings. The molecule has 140 valence electrons. The van der Waals surface area contributed by atoms with Gasteiger partial charge in [-0.25, -0.2) is 9.97 Å². The molecule has 28 heavy (non-hydrogen) atoms. The molecule has 0 aliphatic heterocycles. The van der Waals surface area contributed by atoms with Crippen LogP contribution in [0.1, 0.15) is 18.5 Å². The third-order valence-electron chi connectivity index (χ3n) is 4.53. The number of para-hydroxylation sites is 1. The number of rotatable bonds is 4. The largest absolute Gasteiger partial charge is 0.393 e. The summed E-state index contributed by atoms with van der Waals surface area (Å²) in [5.74, 6) is 0.705. The Balaban J connectivity index is 1.88. The molecule has 3 heterocycles. The summed E-state index contributed by atoms with van der Waals surface area (Å²) in [6.07, 6.45) is 4.94. The number of anilines is 3. The van der Waals surface area contributed by atoms with E-state index in [2.05, 4.69) is 25.3 Å². The first-order chi connectivity index (χ1) is 13.6. The standard InChI is InChI=1S/C20H18ClN7/c1-11(28-20-17(22)19(23)26-10-27-20)13-9-25-18-12(5-4-6-14(18)21)16(13)15-7-2-3-8-24-15/h2-11H,22H2,1H3,(H3,23,26,27,28)/t11-/m0/s1. The number of hydrogen-bond donors (Lipinski definition) is 3. The minimum atomic E-state index is -0.176. The molecular formula is C20H18ClN7. The SMILES string of the molecule is C[C@H](Nc1ncnc(N)c1N)c1cnc2c(Cl)cccc2c1-c1ccccn1. The van der Waals surface area contributed by atoms with E-state index in [4.69, 9.17) is 23.1 Å². The highest BCUT2D eigenvalue weighted by Crippen LogP contribution is 2.36. The minimum Gasteiger partial charge on any atom is -0.393 e. The molecule has 5 N–H and O–H groups in total. The minimum absolute atomic E-state index is 0.176. The van der Waals surface area contributed by atoms with Crippen molar-refractivity contribution in [2.24, 2.45) is 0 Å². The molecule has 0 spiro atoms. The molecule has 8 heteroatoms. The van der Waals surface area contributed by atoms with Gasteiger partial charge in [-0.1, -0.05) is 29.8 Å². The summed E-state index contributed by atoms with van der Waals surface area (Å²) in [7, 11) is 0. The Hall–Kier alpha value is -3.45. The molecule has 1 aromatic carbocycles. The van der Waals surface area contributed by atoms with Crippen molar-refractivity contribution < 1.29 is 0 Å². The molecule has 3 aromatic heterocycles. The molecule has 0 unspecified atom stereocenters. The van der Waals surface area contributed by atoms with Crippen molar-refractivity contribution in [2.75, 3.05) is 16.8 Å². The average molecular weight is 392 g/mol. The van der Waals surface area contributed by atoms with Crippen molar-refractivity contribution in [2.45, 2.75) is 13.0 Å². The normalized spacial score (nSPS) is 12.1. The van der Waals surface area contributed by atoms with E-state index in [1.165, 1.54) is 6.33 Å². The van der Waals surface area contributed by atoms with Crippen molar-refractivity contribution in [1.82, 2.24) is 19.9 Å². The molecule has 0 saturated heterocycles. The topological polar surface area (TPSA) is 116 Å². The Labute approximate surface area is 166 Å². The summed E-state index contributed by atoms with van der Waals surface area (Å²) in [6, 6.07) is 11.3. The van der Waals surface area contributed by atoms with Crippen molar-refractivity contribution in [1.29, 1.82) is 0 Å². The van der Waals surface area contributed by atoms with Crippen LogP contribution in [0.5, 0.6) is 0 Å². The number of nitrogens with two attached hydrogens (primary N) is 2. The third-order valence-corrected chi connectivity index (χ3v) is 4.84. The number of nitrogens with one attached hydrogen (secondary N) is 1. The Morgan fingerprint density at radius 3 is 2.64 bits per heavy atom. The van der Waals surface area contributed by atoms with Crippen LogP contribution in [-0.2, 0) is 0 Å². The molecule has 1 atom stereocenters. The second-order valence-electron chi connectivity index (χ2n) is 6.33. The number of hydrogen-bond acceptors (Lipinski definition) is 7. The first-order valence-electron chi connectivity index (χ1n) is 8.67. The van der Waals surface area contributed by atoms with Crippen molar-refractivity contribution in [3.8, 4) is 11.3 Å². The highest BCUT2D eigenvalue weighted by Gasteiger charge is 2.19. The number of fused-ring (bicyclic) bond motifs is 1. The Kier molecular flexibility index (Phi) is 4.67. The van der Waals surface area contributed by atoms with Gasteiger partial charge in [0.2, 0.25) is 0 Å². The lowest BCUT2D eigenvalue weighted by atomic mass is 9.96. The van der Waals surface area contributed by atoms with Gasteiger partial charge in [0.25, 0.3) is 0 Å². The van der Waals surface area contributed by atoms with Gasteiger partial charge in [-0.05, 0) is 25.1 Å². The summed E-state index contributed by atoms with van der Waals surface area (Å²) in [6.45, 7) is 2.00. The molecule has 4 rings (SSSR count). The molecule has 7 nitrogen and oxygen atoms in total. The van der Waals surface area contributed by atoms with Crippen LogP contribution in [0.25, 0.3) is 22.2 Å². The number of nitrogens with zero attached hydrogens (tertiary/aromatic N) is 4. The zero-order chi connectivity index (χ0) is 19.7. The second-order valence-corrected chi connectivity index (χ2v) is 6.73. The fourth-order valence-corrected chi connectivity index (χ4v) is 3.36. The maximum absolute atomic E-state index is 6.37. The van der Waals surface area contributed by atoms with E-state index in [9.17, 15) is 0 Å². The van der Waals surface area contributed by atoms with Crippen molar-refractivity contribution >= 4 is 39.8 Å². The van der Waals surface area contributed by atoms with Crippen LogP contribution in [0.2, 0.25) is 5.02 Å². The lowest BCUT2D eigenvalue weighted by Gasteiger charge is -2.20. The lowest BCUT2D eigenvalue weighted by molar-refractivity contribution is 0.870. The molecule has 0 saturated carbocycles. The summed E-state index contributed by atoms with van der Waals surface area (Å²) in [5, 5.41) is 4.82. The number of aromatic nitrogens is 4. The third kappa shape index (κ3) is 3.16. The fourth-order valence-electron chi connectivity index (χ4n) is 3.13. The highest BCUT2D eigenvalue weighted by molar-refractivity contribution is 6.35. The number of halogens is 1. The Morgan fingerprint density at radius 2 is 1.86 bits per heavy atom. The smallest absolute Gasteiger partial charge is 0.155 e. The van der Waals surface area contributed by atoms with Crippen LogP contribution >= 0.6 is 11.6 Å². The molecule has 0 bridgehead atoms. The predicted octanol–water partition coefficient (Wildman–Crippen LogP) is 4.08. The van der Waals surface area contributed by atoms with Crippen LogP contribution in [0, 0.1) is 0 Å². The maximum Gasteiger partial charge on any atom is 0.155 e. The van der Waals surface area contributed by atoms with E-state index < -0.39 is 0 Å². The van der Waals surface area contributed by atoms with E-state index in [-0.39, 0.29) is 11.9 Å². The van der Waals surface area contributed by atoms with E-state index in [0.717, 1.165) is 27.7 Å². The molecule has 0 radical (unpaired) electrons. The number of pyridine rings is 2. The zero-order valence-electron chi connectivity index (χ0n) is 15.1. The molecular weight excluding hydrogens is 374 g/mol. The van der Waals surface area contributed by atoms with Gasteiger partial charge in [0.1, 0.15) is 12.0 Å². The van der Waals surface area contributed by atoms with Gasteiger partial charge in [0, 0.05) is 28.9 Å². The molecule has 4 aromatic rings. The Morgan fingerprint density at radius 1 is 1.00 bits per heavy atom. The van der Waals surface area contributed by atoms with Gasteiger partial charge in [-0.3, -0.25) is 9.97 Å². The van der Waals surface area contributed by atoms with E-state index in [0.29, 0.717) is 16.5 Å². The predicted molar refractivity (Wildman–Crippen MR) is 113 cm³/mol. The van der Waals surface area contributed by atoms with Crippen LogP contribution in [0.3, 0.4) is 0 Å². The first kappa shape index (κ1) is 17.9. The number of nitrogen functional groups attached to an aromatic ring is 2. The lowest BCUT2D eigenvalue weighted by Crippen LogP contribution is -2.13. The highest BCUT2D eigenvalue weighted by atomic mass is 35.5.